The normalized spacial score (nSPS) is 17.4. The van der Waals surface area contributed by atoms with Gasteiger partial charge in [-0.1, -0.05) is 45.9 Å². The highest BCUT2D eigenvalue weighted by Crippen LogP contribution is 2.41. The van der Waals surface area contributed by atoms with Crippen LogP contribution in [0.5, 0.6) is 11.5 Å². The lowest BCUT2D eigenvalue weighted by Crippen LogP contribution is -2.11. The Balaban J connectivity index is 1.54. The van der Waals surface area contributed by atoms with Crippen molar-refractivity contribution < 1.29 is 14.3 Å². The Morgan fingerprint density at radius 3 is 2.68 bits per heavy atom. The third-order valence-corrected chi connectivity index (χ3v) is 6.92. The fraction of sp³-hybridized carbons (Fsp3) is 0.174. The number of hydrogen-bond donors (Lipinski definition) is 1. The van der Waals surface area contributed by atoms with E-state index < -0.39 is 5.92 Å². The lowest BCUT2D eigenvalue weighted by atomic mass is 10.0. The zero-order valence-electron chi connectivity index (χ0n) is 16.6. The maximum atomic E-state index is 12.9. The van der Waals surface area contributed by atoms with E-state index in [0.29, 0.717) is 39.7 Å². The maximum absolute atomic E-state index is 12.9. The SMILES string of the molecule is CCOc1cc(/C=C2\SC(=N)[C@@H](c3nccs3)C2=O)ccc1OCc1ccc(Br)cc1. The number of hydrogen-bond acceptors (Lipinski definition) is 7. The molecule has 2 aromatic carbocycles. The Morgan fingerprint density at radius 2 is 1.97 bits per heavy atom. The van der Waals surface area contributed by atoms with Crippen LogP contribution in [0.3, 0.4) is 0 Å². The van der Waals surface area contributed by atoms with E-state index >= 15 is 0 Å². The number of allylic oxidation sites excluding steroid dienone is 1. The molecule has 1 aliphatic heterocycles. The first-order valence-electron chi connectivity index (χ1n) is 9.61. The van der Waals surface area contributed by atoms with E-state index in [9.17, 15) is 4.79 Å². The molecule has 1 atom stereocenters. The average molecular weight is 515 g/mol. The molecule has 0 saturated carbocycles. The number of aromatic nitrogens is 1. The Bertz CT molecular complexity index is 1130. The van der Waals surface area contributed by atoms with Gasteiger partial charge in [-0.15, -0.1) is 11.3 Å². The van der Waals surface area contributed by atoms with Crippen molar-refractivity contribution in [2.24, 2.45) is 0 Å². The molecule has 1 aliphatic rings. The summed E-state index contributed by atoms with van der Waals surface area (Å²) >= 11 is 6.02. The van der Waals surface area contributed by atoms with Crippen molar-refractivity contribution >= 4 is 55.9 Å². The zero-order valence-corrected chi connectivity index (χ0v) is 19.9. The summed E-state index contributed by atoms with van der Waals surface area (Å²) < 4.78 is 12.8. The first-order valence-corrected chi connectivity index (χ1v) is 12.1. The van der Waals surface area contributed by atoms with Crippen molar-refractivity contribution in [3.05, 3.63) is 79.6 Å². The van der Waals surface area contributed by atoms with Gasteiger partial charge in [-0.25, -0.2) is 4.98 Å². The van der Waals surface area contributed by atoms with Gasteiger partial charge in [0.25, 0.3) is 0 Å². The number of thioether (sulfide) groups is 1. The molecule has 5 nitrogen and oxygen atoms in total. The fourth-order valence-corrected chi connectivity index (χ4v) is 5.16. The monoisotopic (exact) mass is 514 g/mol. The first-order chi connectivity index (χ1) is 15.0. The van der Waals surface area contributed by atoms with Crippen LogP contribution in [-0.4, -0.2) is 22.4 Å². The molecule has 0 bridgehead atoms. The topological polar surface area (TPSA) is 72.3 Å². The summed E-state index contributed by atoms with van der Waals surface area (Å²) in [6.45, 7) is 2.84. The Morgan fingerprint density at radius 1 is 1.16 bits per heavy atom. The van der Waals surface area contributed by atoms with E-state index in [1.807, 2.05) is 54.8 Å². The number of carbonyl (C=O) groups excluding carboxylic acids is 1. The van der Waals surface area contributed by atoms with Crippen molar-refractivity contribution in [1.82, 2.24) is 4.98 Å². The summed E-state index contributed by atoms with van der Waals surface area (Å²) in [6, 6.07) is 13.6. The van der Waals surface area contributed by atoms with Crippen LogP contribution >= 0.6 is 39.0 Å². The van der Waals surface area contributed by atoms with E-state index in [4.69, 9.17) is 14.9 Å². The quantitative estimate of drug-likeness (QED) is 0.374. The molecule has 0 aliphatic carbocycles. The summed E-state index contributed by atoms with van der Waals surface area (Å²) in [5, 5.41) is 11.0. The third kappa shape index (κ3) is 5.08. The van der Waals surface area contributed by atoms with E-state index in [0.717, 1.165) is 15.6 Å². The van der Waals surface area contributed by atoms with Gasteiger partial charge in [0.05, 0.1) is 16.6 Å². The maximum Gasteiger partial charge on any atom is 0.186 e. The Labute approximate surface area is 197 Å². The second-order valence-electron chi connectivity index (χ2n) is 6.70. The van der Waals surface area contributed by atoms with Crippen LogP contribution in [0.4, 0.5) is 0 Å². The summed E-state index contributed by atoms with van der Waals surface area (Å²) in [5.74, 6) is 0.594. The molecule has 31 heavy (non-hydrogen) atoms. The van der Waals surface area contributed by atoms with E-state index in [-0.39, 0.29) is 5.78 Å². The minimum absolute atomic E-state index is 0.0847. The molecule has 1 aromatic heterocycles. The van der Waals surface area contributed by atoms with Gasteiger partial charge in [0.1, 0.15) is 17.5 Å². The molecular formula is C23H19BrN2O3S2. The first kappa shape index (κ1) is 21.8. The fourth-order valence-electron chi connectivity index (χ4n) is 3.09. The van der Waals surface area contributed by atoms with Crippen LogP contribution in [0.25, 0.3) is 6.08 Å². The number of thiazole rings is 1. The molecule has 2 heterocycles. The lowest BCUT2D eigenvalue weighted by Gasteiger charge is -2.13. The molecule has 0 radical (unpaired) electrons. The number of halogens is 1. The predicted octanol–water partition coefficient (Wildman–Crippen LogP) is 6.30. The van der Waals surface area contributed by atoms with Crippen LogP contribution in [0.15, 0.2) is 63.4 Å². The molecule has 1 fully saturated rings. The Hall–Kier alpha value is -2.42. The molecule has 1 saturated heterocycles. The van der Waals surface area contributed by atoms with Crippen LogP contribution in [0, 0.1) is 5.41 Å². The van der Waals surface area contributed by atoms with Crippen molar-refractivity contribution in [2.75, 3.05) is 6.61 Å². The van der Waals surface area contributed by atoms with Crippen molar-refractivity contribution in [3.8, 4) is 11.5 Å². The van der Waals surface area contributed by atoms with Gasteiger partial charge < -0.3 is 9.47 Å². The number of ketones is 1. The van der Waals surface area contributed by atoms with Crippen molar-refractivity contribution in [3.63, 3.8) is 0 Å². The summed E-state index contributed by atoms with van der Waals surface area (Å²) in [6.07, 6.45) is 3.46. The van der Waals surface area contributed by atoms with Gasteiger partial charge in [0.2, 0.25) is 0 Å². The standard InChI is InChI=1S/C23H19BrN2O3S2/c1-2-28-18-11-15(5-8-17(18)29-13-14-3-6-16(24)7-4-14)12-19-21(27)20(22(25)31-19)23-26-9-10-30-23/h3-12,20,25H,2,13H2,1H3/b19-12-,25-22?/t20-/m0/s1. The molecule has 8 heteroatoms. The van der Waals surface area contributed by atoms with Crippen molar-refractivity contribution in [1.29, 1.82) is 5.41 Å². The molecule has 158 valence electrons. The number of benzene rings is 2. The van der Waals surface area contributed by atoms with Gasteiger partial charge in [-0.05, 0) is 48.4 Å². The van der Waals surface area contributed by atoms with E-state index in [1.165, 1.54) is 23.1 Å². The average Bonchev–Trinajstić information content (AvgIpc) is 3.37. The van der Waals surface area contributed by atoms with Crippen LogP contribution in [0.1, 0.15) is 29.0 Å². The largest absolute Gasteiger partial charge is 0.490 e. The second-order valence-corrected chi connectivity index (χ2v) is 9.62. The molecule has 3 aromatic rings. The molecule has 0 unspecified atom stereocenters. The van der Waals surface area contributed by atoms with Gasteiger partial charge in [-0.2, -0.15) is 0 Å². The number of nitrogens with one attached hydrogen (secondary N) is 1. The number of nitrogens with zero attached hydrogens (tertiary/aromatic N) is 1. The number of Topliss-reactive ketones (excluding diaryl/α,β-unsaturated/α-hetero) is 1. The number of carbonyl (C=O) groups is 1. The van der Waals surface area contributed by atoms with Gasteiger partial charge in [0.15, 0.2) is 17.3 Å². The van der Waals surface area contributed by atoms with E-state index in [2.05, 4.69) is 20.9 Å². The van der Waals surface area contributed by atoms with Crippen LogP contribution < -0.4 is 9.47 Å². The summed E-state index contributed by atoms with van der Waals surface area (Å²) in [5.41, 5.74) is 1.87. The lowest BCUT2D eigenvalue weighted by molar-refractivity contribution is -0.114. The predicted molar refractivity (Wildman–Crippen MR) is 129 cm³/mol. The highest BCUT2D eigenvalue weighted by atomic mass is 79.9. The van der Waals surface area contributed by atoms with E-state index in [1.54, 1.807) is 12.3 Å². The minimum Gasteiger partial charge on any atom is -0.490 e. The summed E-state index contributed by atoms with van der Waals surface area (Å²) in [7, 11) is 0. The van der Waals surface area contributed by atoms with Crippen molar-refractivity contribution in [2.45, 2.75) is 19.4 Å². The second kappa shape index (κ2) is 9.80. The molecular weight excluding hydrogens is 496 g/mol. The highest BCUT2D eigenvalue weighted by Gasteiger charge is 2.38. The number of ether oxygens (including phenoxy) is 2. The molecule has 1 N–H and O–H groups in total. The van der Waals surface area contributed by atoms with Gasteiger partial charge in [0, 0.05) is 16.0 Å². The third-order valence-electron chi connectivity index (χ3n) is 4.56. The molecule has 0 spiro atoms. The van der Waals surface area contributed by atoms with Crippen LogP contribution in [-0.2, 0) is 11.4 Å². The summed E-state index contributed by atoms with van der Waals surface area (Å²) in [4.78, 5) is 17.6. The Kier molecular flexibility index (Phi) is 6.89. The number of rotatable bonds is 7. The van der Waals surface area contributed by atoms with Crippen LogP contribution in [0.2, 0.25) is 0 Å². The minimum atomic E-state index is -0.587. The molecule has 4 rings (SSSR count). The van der Waals surface area contributed by atoms with Gasteiger partial charge >= 0.3 is 0 Å². The zero-order chi connectivity index (χ0) is 21.8. The molecule has 0 amide bonds. The smallest absolute Gasteiger partial charge is 0.186 e. The highest BCUT2D eigenvalue weighted by molar-refractivity contribution is 9.10. The van der Waals surface area contributed by atoms with Gasteiger partial charge in [-0.3, -0.25) is 10.2 Å².